The third kappa shape index (κ3) is 6.31. The third-order valence-corrected chi connectivity index (χ3v) is 3.97. The molecule has 0 aliphatic rings. The molecular formula is C21H29N2O2+. The van der Waals surface area contributed by atoms with E-state index in [1.807, 2.05) is 73.3 Å². The van der Waals surface area contributed by atoms with E-state index >= 15 is 0 Å². The van der Waals surface area contributed by atoms with Crippen molar-refractivity contribution in [3.05, 3.63) is 60.4 Å². The summed E-state index contributed by atoms with van der Waals surface area (Å²) >= 11 is 0. The first-order valence-corrected chi connectivity index (χ1v) is 8.91. The van der Waals surface area contributed by atoms with Gasteiger partial charge in [-0.05, 0) is 24.1 Å². The summed E-state index contributed by atoms with van der Waals surface area (Å²) in [6.45, 7) is 8.52. The lowest BCUT2D eigenvalue weighted by Crippen LogP contribution is -2.44. The third-order valence-electron chi connectivity index (χ3n) is 3.97. The lowest BCUT2D eigenvalue weighted by Gasteiger charge is -2.22. The second kappa shape index (κ2) is 9.33. The fourth-order valence-electron chi connectivity index (χ4n) is 2.67. The van der Waals surface area contributed by atoms with Crippen LogP contribution in [-0.2, 0) is 17.9 Å². The summed E-state index contributed by atoms with van der Waals surface area (Å²) in [5.41, 5.74) is 1.13. The number of nitrogens with one attached hydrogen (secondary N) is 1. The molecule has 1 aromatic carbocycles. The van der Waals surface area contributed by atoms with Crippen molar-refractivity contribution in [3.63, 3.8) is 0 Å². The van der Waals surface area contributed by atoms with Crippen LogP contribution < -0.4 is 14.6 Å². The molecule has 134 valence electrons. The SMILES string of the molecule is CC(C)N[C@@H](Cc1ccc(OC[n+]2ccccc2)cc1)C(=O)C(C)C. The van der Waals surface area contributed by atoms with Gasteiger partial charge >= 0.3 is 0 Å². The smallest absolute Gasteiger partial charge is 0.292 e. The Morgan fingerprint density at radius 2 is 1.68 bits per heavy atom. The van der Waals surface area contributed by atoms with Crippen LogP contribution >= 0.6 is 0 Å². The summed E-state index contributed by atoms with van der Waals surface area (Å²) in [6.07, 6.45) is 4.63. The number of ketones is 1. The van der Waals surface area contributed by atoms with E-state index in [-0.39, 0.29) is 23.8 Å². The van der Waals surface area contributed by atoms with Gasteiger partial charge in [-0.3, -0.25) is 4.79 Å². The molecule has 0 aliphatic carbocycles. The number of pyridine rings is 1. The van der Waals surface area contributed by atoms with E-state index < -0.39 is 0 Å². The summed E-state index contributed by atoms with van der Waals surface area (Å²) in [6, 6.07) is 14.0. The lowest BCUT2D eigenvalue weighted by atomic mass is 9.95. The van der Waals surface area contributed by atoms with E-state index in [4.69, 9.17) is 4.74 Å². The van der Waals surface area contributed by atoms with E-state index in [9.17, 15) is 4.79 Å². The molecule has 0 radical (unpaired) electrons. The van der Waals surface area contributed by atoms with Crippen LogP contribution in [0.3, 0.4) is 0 Å². The Kier molecular flexibility index (Phi) is 7.14. The second-order valence-corrected chi connectivity index (χ2v) is 6.94. The highest BCUT2D eigenvalue weighted by Gasteiger charge is 2.22. The van der Waals surface area contributed by atoms with Crippen LogP contribution in [0.1, 0.15) is 33.3 Å². The molecule has 1 aromatic heterocycles. The molecule has 25 heavy (non-hydrogen) atoms. The van der Waals surface area contributed by atoms with Crippen molar-refractivity contribution in [2.45, 2.75) is 52.9 Å². The van der Waals surface area contributed by atoms with Gasteiger partial charge in [0.05, 0.1) is 6.04 Å². The Labute approximate surface area is 150 Å². The summed E-state index contributed by atoms with van der Waals surface area (Å²) in [5, 5.41) is 3.39. The van der Waals surface area contributed by atoms with E-state index in [1.165, 1.54) is 0 Å². The van der Waals surface area contributed by atoms with Gasteiger partial charge in [0.15, 0.2) is 18.2 Å². The van der Waals surface area contributed by atoms with Gasteiger partial charge in [0, 0.05) is 24.1 Å². The standard InChI is InChI=1S/C21H29N2O2/c1-16(2)21(24)20(22-17(3)4)14-18-8-10-19(11-9-18)25-15-23-12-6-5-7-13-23/h5-13,16-17,20,22H,14-15H2,1-4H3/q+1/t20-/m0/s1. The number of carbonyl (C=O) groups excluding carboxylic acids is 1. The van der Waals surface area contributed by atoms with E-state index in [2.05, 4.69) is 19.2 Å². The van der Waals surface area contributed by atoms with Gasteiger partial charge in [-0.1, -0.05) is 45.9 Å². The van der Waals surface area contributed by atoms with Crippen molar-refractivity contribution in [1.82, 2.24) is 5.32 Å². The highest BCUT2D eigenvalue weighted by atomic mass is 16.5. The number of ether oxygens (including phenoxy) is 1. The van der Waals surface area contributed by atoms with E-state index in [1.54, 1.807) is 0 Å². The van der Waals surface area contributed by atoms with Crippen molar-refractivity contribution in [2.75, 3.05) is 0 Å². The maximum absolute atomic E-state index is 12.4. The molecule has 0 spiro atoms. The molecule has 0 unspecified atom stereocenters. The monoisotopic (exact) mass is 341 g/mol. The van der Waals surface area contributed by atoms with Crippen LogP contribution in [0.4, 0.5) is 0 Å². The number of rotatable bonds is 9. The van der Waals surface area contributed by atoms with Crippen molar-refractivity contribution < 1.29 is 14.1 Å². The molecule has 4 nitrogen and oxygen atoms in total. The molecule has 4 heteroatoms. The highest BCUT2D eigenvalue weighted by Crippen LogP contribution is 2.15. The number of carbonyl (C=O) groups is 1. The largest absolute Gasteiger partial charge is 0.436 e. The second-order valence-electron chi connectivity index (χ2n) is 6.94. The molecule has 0 saturated heterocycles. The van der Waals surface area contributed by atoms with Crippen molar-refractivity contribution in [1.29, 1.82) is 0 Å². The predicted octanol–water partition coefficient (Wildman–Crippen LogP) is 3.14. The first kappa shape index (κ1) is 19.1. The number of aromatic nitrogens is 1. The number of Topliss-reactive ketones (excluding diaryl/α,β-unsaturated/α-hetero) is 1. The van der Waals surface area contributed by atoms with Gasteiger partial charge in [0.25, 0.3) is 6.73 Å². The van der Waals surface area contributed by atoms with Crippen LogP contribution in [0, 0.1) is 5.92 Å². The van der Waals surface area contributed by atoms with Crippen LogP contribution in [-0.4, -0.2) is 17.9 Å². The highest BCUT2D eigenvalue weighted by molar-refractivity contribution is 5.86. The molecule has 1 atom stereocenters. The Hall–Kier alpha value is -2.20. The molecular weight excluding hydrogens is 312 g/mol. The number of nitrogens with zero attached hydrogens (tertiary/aromatic N) is 1. The molecule has 0 amide bonds. The topological polar surface area (TPSA) is 42.2 Å². The van der Waals surface area contributed by atoms with Gasteiger partial charge in [0.2, 0.25) is 0 Å². The van der Waals surface area contributed by atoms with Crippen LogP contribution in [0.25, 0.3) is 0 Å². The molecule has 0 aliphatic heterocycles. The van der Waals surface area contributed by atoms with Crippen LogP contribution in [0.5, 0.6) is 5.75 Å². The molecule has 0 bridgehead atoms. The summed E-state index contributed by atoms with van der Waals surface area (Å²) < 4.78 is 7.75. The maximum atomic E-state index is 12.4. The molecule has 0 fully saturated rings. The minimum absolute atomic E-state index is 0.0294. The number of hydrogen-bond donors (Lipinski definition) is 1. The molecule has 2 aromatic rings. The Morgan fingerprint density at radius 1 is 1.04 bits per heavy atom. The zero-order valence-corrected chi connectivity index (χ0v) is 15.6. The predicted molar refractivity (Wildman–Crippen MR) is 99.3 cm³/mol. The average Bonchev–Trinajstić information content (AvgIpc) is 2.60. The lowest BCUT2D eigenvalue weighted by molar-refractivity contribution is -0.724. The molecule has 1 heterocycles. The molecule has 2 rings (SSSR count). The zero-order chi connectivity index (χ0) is 18.2. The maximum Gasteiger partial charge on any atom is 0.292 e. The summed E-state index contributed by atoms with van der Waals surface area (Å²) in [4.78, 5) is 12.4. The van der Waals surface area contributed by atoms with Gasteiger partial charge in [-0.2, -0.15) is 4.57 Å². The minimum Gasteiger partial charge on any atom is -0.436 e. The summed E-state index contributed by atoms with van der Waals surface area (Å²) in [5.74, 6) is 1.11. The van der Waals surface area contributed by atoms with Gasteiger partial charge in [0.1, 0.15) is 5.75 Å². The fraction of sp³-hybridized carbons (Fsp3) is 0.429. The van der Waals surface area contributed by atoms with Crippen LogP contribution in [0.15, 0.2) is 54.9 Å². The Bertz CT molecular complexity index is 651. The number of hydrogen-bond acceptors (Lipinski definition) is 3. The summed E-state index contributed by atoms with van der Waals surface area (Å²) in [7, 11) is 0. The van der Waals surface area contributed by atoms with Crippen molar-refractivity contribution in [2.24, 2.45) is 5.92 Å². The minimum atomic E-state index is -0.147. The Balaban J connectivity index is 1.96. The Morgan fingerprint density at radius 3 is 2.24 bits per heavy atom. The number of benzene rings is 1. The van der Waals surface area contributed by atoms with Gasteiger partial charge < -0.3 is 10.1 Å². The van der Waals surface area contributed by atoms with Crippen molar-refractivity contribution in [3.8, 4) is 5.75 Å². The van der Waals surface area contributed by atoms with Gasteiger partial charge in [-0.25, -0.2) is 0 Å². The zero-order valence-electron chi connectivity index (χ0n) is 15.6. The molecule has 1 N–H and O–H groups in total. The average molecular weight is 341 g/mol. The van der Waals surface area contributed by atoms with Gasteiger partial charge in [-0.15, -0.1) is 0 Å². The van der Waals surface area contributed by atoms with E-state index in [0.717, 1.165) is 11.3 Å². The fourth-order valence-corrected chi connectivity index (χ4v) is 2.67. The normalized spacial score (nSPS) is 12.4. The van der Waals surface area contributed by atoms with Crippen LogP contribution in [0.2, 0.25) is 0 Å². The van der Waals surface area contributed by atoms with E-state index in [0.29, 0.717) is 13.2 Å². The quantitative estimate of drug-likeness (QED) is 0.713. The first-order chi connectivity index (χ1) is 12.0. The first-order valence-electron chi connectivity index (χ1n) is 8.91. The van der Waals surface area contributed by atoms with Crippen molar-refractivity contribution >= 4 is 5.78 Å². The molecule has 0 saturated carbocycles.